The van der Waals surface area contributed by atoms with Crippen molar-refractivity contribution in [2.45, 2.75) is 39.0 Å². The number of benzene rings is 1. The molecule has 1 saturated heterocycles. The van der Waals surface area contributed by atoms with E-state index in [-0.39, 0.29) is 11.7 Å². The highest BCUT2D eigenvalue weighted by molar-refractivity contribution is 7.86. The van der Waals surface area contributed by atoms with Crippen LogP contribution in [0.5, 0.6) is 0 Å². The van der Waals surface area contributed by atoms with Crippen molar-refractivity contribution in [1.82, 2.24) is 13.6 Å². The van der Waals surface area contributed by atoms with Crippen LogP contribution in [0.15, 0.2) is 42.6 Å². The maximum Gasteiger partial charge on any atom is 0.281 e. The lowest BCUT2D eigenvalue weighted by Crippen LogP contribution is -2.46. The zero-order chi connectivity index (χ0) is 20.1. The van der Waals surface area contributed by atoms with Crippen LogP contribution < -0.4 is 0 Å². The summed E-state index contributed by atoms with van der Waals surface area (Å²) in [6, 6.07) is 10.8. The summed E-state index contributed by atoms with van der Waals surface area (Å²) >= 11 is 0. The van der Waals surface area contributed by atoms with Crippen molar-refractivity contribution >= 4 is 10.2 Å². The average Bonchev–Trinajstić information content (AvgIpc) is 2.71. The molecule has 2 aromatic rings. The number of rotatable bonds is 7. The Morgan fingerprint density at radius 1 is 1.11 bits per heavy atom. The minimum absolute atomic E-state index is 0.201. The predicted molar refractivity (Wildman–Crippen MR) is 109 cm³/mol. The Morgan fingerprint density at radius 2 is 1.79 bits per heavy atom. The van der Waals surface area contributed by atoms with Gasteiger partial charge in [0.15, 0.2) is 0 Å². The van der Waals surface area contributed by atoms with Gasteiger partial charge in [-0.05, 0) is 36.1 Å². The van der Waals surface area contributed by atoms with Crippen LogP contribution in [0.2, 0.25) is 0 Å². The molecule has 0 unspecified atom stereocenters. The molecule has 0 radical (unpaired) electrons. The van der Waals surface area contributed by atoms with Gasteiger partial charge in [0, 0.05) is 50.4 Å². The SMILES string of the molecule is CCN(CC)S(=O)(=O)N1CCC(c2ccc(Cc3ccccc3F)cn2)CC1. The minimum atomic E-state index is -3.36. The Morgan fingerprint density at radius 3 is 2.36 bits per heavy atom. The topological polar surface area (TPSA) is 53.5 Å². The highest BCUT2D eigenvalue weighted by Gasteiger charge is 2.32. The second-order valence-electron chi connectivity index (χ2n) is 7.12. The first-order chi connectivity index (χ1) is 13.5. The zero-order valence-corrected chi connectivity index (χ0v) is 17.3. The Balaban J connectivity index is 1.61. The third-order valence-corrected chi connectivity index (χ3v) is 7.62. The van der Waals surface area contributed by atoms with E-state index in [9.17, 15) is 12.8 Å². The summed E-state index contributed by atoms with van der Waals surface area (Å²) in [7, 11) is -3.36. The second kappa shape index (κ2) is 9.11. The molecule has 152 valence electrons. The van der Waals surface area contributed by atoms with Crippen molar-refractivity contribution in [2.75, 3.05) is 26.2 Å². The van der Waals surface area contributed by atoms with Crippen molar-refractivity contribution in [2.24, 2.45) is 0 Å². The number of halogens is 1. The molecular weight excluding hydrogens is 377 g/mol. The van der Waals surface area contributed by atoms with Gasteiger partial charge in [-0.2, -0.15) is 17.0 Å². The van der Waals surface area contributed by atoms with Gasteiger partial charge in [0.2, 0.25) is 0 Å². The Labute approximate surface area is 167 Å². The Bertz CT molecular complexity index is 875. The van der Waals surface area contributed by atoms with Crippen molar-refractivity contribution in [3.63, 3.8) is 0 Å². The lowest BCUT2D eigenvalue weighted by molar-refractivity contribution is 0.289. The second-order valence-corrected chi connectivity index (χ2v) is 9.05. The first kappa shape index (κ1) is 20.9. The molecule has 1 aliphatic heterocycles. The molecule has 0 N–H and O–H groups in total. The fourth-order valence-electron chi connectivity index (χ4n) is 3.74. The first-order valence-electron chi connectivity index (χ1n) is 9.89. The molecule has 0 atom stereocenters. The Hall–Kier alpha value is -1.83. The fraction of sp³-hybridized carbons (Fsp3) is 0.476. The van der Waals surface area contributed by atoms with E-state index in [0.29, 0.717) is 38.2 Å². The number of aromatic nitrogens is 1. The number of pyridine rings is 1. The number of hydrogen-bond acceptors (Lipinski definition) is 3. The Kier molecular flexibility index (Phi) is 6.80. The zero-order valence-electron chi connectivity index (χ0n) is 16.5. The monoisotopic (exact) mass is 405 g/mol. The summed E-state index contributed by atoms with van der Waals surface area (Å²) in [4.78, 5) is 4.58. The van der Waals surface area contributed by atoms with Crippen LogP contribution in [0.4, 0.5) is 4.39 Å². The maximum absolute atomic E-state index is 13.8. The highest BCUT2D eigenvalue weighted by atomic mass is 32.2. The summed E-state index contributed by atoms with van der Waals surface area (Å²) < 4.78 is 42.2. The number of nitrogens with zero attached hydrogens (tertiary/aromatic N) is 3. The van der Waals surface area contributed by atoms with E-state index in [4.69, 9.17) is 0 Å². The largest absolute Gasteiger partial charge is 0.281 e. The summed E-state index contributed by atoms with van der Waals surface area (Å²) in [6.45, 7) is 5.74. The smallest absolute Gasteiger partial charge is 0.261 e. The third kappa shape index (κ3) is 4.59. The average molecular weight is 406 g/mol. The van der Waals surface area contributed by atoms with Crippen molar-refractivity contribution in [3.05, 3.63) is 65.2 Å². The van der Waals surface area contributed by atoms with Crippen LogP contribution in [0.3, 0.4) is 0 Å². The molecule has 7 heteroatoms. The van der Waals surface area contributed by atoms with Gasteiger partial charge in [-0.25, -0.2) is 4.39 Å². The normalized spacial score (nSPS) is 16.6. The molecule has 0 aliphatic carbocycles. The quantitative estimate of drug-likeness (QED) is 0.708. The molecule has 1 aliphatic rings. The molecule has 3 rings (SSSR count). The van der Waals surface area contributed by atoms with Crippen LogP contribution in [0.25, 0.3) is 0 Å². The van der Waals surface area contributed by atoms with Gasteiger partial charge in [0.05, 0.1) is 0 Å². The minimum Gasteiger partial charge on any atom is -0.261 e. The van der Waals surface area contributed by atoms with E-state index in [0.717, 1.165) is 24.1 Å². The predicted octanol–water partition coefficient (Wildman–Crippen LogP) is 3.58. The van der Waals surface area contributed by atoms with Gasteiger partial charge < -0.3 is 0 Å². The van der Waals surface area contributed by atoms with Crippen LogP contribution >= 0.6 is 0 Å². The first-order valence-corrected chi connectivity index (χ1v) is 11.3. The van der Waals surface area contributed by atoms with E-state index >= 15 is 0 Å². The molecule has 0 spiro atoms. The van der Waals surface area contributed by atoms with E-state index in [2.05, 4.69) is 4.98 Å². The van der Waals surface area contributed by atoms with Crippen LogP contribution in [0, 0.1) is 5.82 Å². The molecule has 1 fully saturated rings. The lowest BCUT2D eigenvalue weighted by atomic mass is 9.93. The van der Waals surface area contributed by atoms with Crippen molar-refractivity contribution < 1.29 is 12.8 Å². The molecule has 0 saturated carbocycles. The van der Waals surface area contributed by atoms with Gasteiger partial charge in [0.1, 0.15) is 5.82 Å². The third-order valence-electron chi connectivity index (χ3n) is 5.43. The van der Waals surface area contributed by atoms with Crippen LogP contribution in [-0.4, -0.2) is 48.2 Å². The van der Waals surface area contributed by atoms with Crippen LogP contribution in [0.1, 0.15) is 49.4 Å². The molecule has 5 nitrogen and oxygen atoms in total. The molecule has 28 heavy (non-hydrogen) atoms. The lowest BCUT2D eigenvalue weighted by Gasteiger charge is -2.34. The van der Waals surface area contributed by atoms with Gasteiger partial charge in [-0.1, -0.05) is 38.1 Å². The highest BCUT2D eigenvalue weighted by Crippen LogP contribution is 2.29. The standard InChI is InChI=1S/C21H28FN3O2S/c1-3-24(4-2)28(26,27)25-13-11-18(12-14-25)21-10-9-17(16-23-21)15-19-7-5-6-8-20(19)22/h5-10,16,18H,3-4,11-15H2,1-2H3. The van der Waals surface area contributed by atoms with E-state index in [1.165, 1.54) is 10.4 Å². The fourth-order valence-corrected chi connectivity index (χ4v) is 5.39. The molecule has 1 aromatic heterocycles. The van der Waals surface area contributed by atoms with Gasteiger partial charge in [-0.3, -0.25) is 4.98 Å². The molecule has 1 aromatic carbocycles. The summed E-state index contributed by atoms with van der Waals surface area (Å²) in [5.74, 6) is 0.0547. The maximum atomic E-state index is 13.8. The molecule has 0 bridgehead atoms. The van der Waals surface area contributed by atoms with Gasteiger partial charge in [0.25, 0.3) is 10.2 Å². The van der Waals surface area contributed by atoms with Crippen molar-refractivity contribution in [1.29, 1.82) is 0 Å². The molecular formula is C21H28FN3O2S. The van der Waals surface area contributed by atoms with E-state index in [1.54, 1.807) is 22.6 Å². The van der Waals surface area contributed by atoms with Gasteiger partial charge >= 0.3 is 0 Å². The number of hydrogen-bond donors (Lipinski definition) is 0. The van der Waals surface area contributed by atoms with Gasteiger partial charge in [-0.15, -0.1) is 0 Å². The van der Waals surface area contributed by atoms with Crippen LogP contribution in [-0.2, 0) is 16.6 Å². The molecule has 2 heterocycles. The molecule has 0 amide bonds. The van der Waals surface area contributed by atoms with Crippen molar-refractivity contribution in [3.8, 4) is 0 Å². The summed E-state index contributed by atoms with van der Waals surface area (Å²) in [6.07, 6.45) is 3.85. The van der Waals surface area contributed by atoms with E-state index in [1.807, 2.05) is 32.0 Å². The van der Waals surface area contributed by atoms with E-state index < -0.39 is 10.2 Å². The number of piperidine rings is 1. The summed E-state index contributed by atoms with van der Waals surface area (Å²) in [5.41, 5.74) is 2.61. The summed E-state index contributed by atoms with van der Waals surface area (Å²) in [5, 5.41) is 0.